The van der Waals surface area contributed by atoms with Crippen molar-refractivity contribution in [2.45, 2.75) is 51.8 Å². The van der Waals surface area contributed by atoms with Crippen LogP contribution in [0.15, 0.2) is 36.7 Å². The molecule has 1 aliphatic heterocycles. The van der Waals surface area contributed by atoms with Crippen LogP contribution in [0.2, 0.25) is 10.3 Å². The second-order valence-corrected chi connectivity index (χ2v) is 10.2. The van der Waals surface area contributed by atoms with Crippen molar-refractivity contribution in [3.8, 4) is 5.69 Å². The number of hydrogen-bond acceptors (Lipinski definition) is 5. The van der Waals surface area contributed by atoms with Crippen LogP contribution in [0.4, 0.5) is 4.79 Å². The lowest BCUT2D eigenvalue weighted by atomic mass is 9.95. The van der Waals surface area contributed by atoms with Gasteiger partial charge in [0.2, 0.25) is 0 Å². The predicted molar refractivity (Wildman–Crippen MR) is 125 cm³/mol. The van der Waals surface area contributed by atoms with E-state index in [0.717, 1.165) is 11.3 Å². The van der Waals surface area contributed by atoms with E-state index in [1.807, 2.05) is 58.9 Å². The summed E-state index contributed by atoms with van der Waals surface area (Å²) in [5.41, 5.74) is 1.28. The van der Waals surface area contributed by atoms with Crippen molar-refractivity contribution in [3.05, 3.63) is 52.5 Å². The summed E-state index contributed by atoms with van der Waals surface area (Å²) in [6.45, 7) is 10.4. The molecule has 2 aromatic heterocycles. The van der Waals surface area contributed by atoms with Gasteiger partial charge in [-0.05, 0) is 58.4 Å². The summed E-state index contributed by atoms with van der Waals surface area (Å²) in [5, 5.41) is 1.51. The zero-order chi connectivity index (χ0) is 23.3. The molecule has 0 saturated carbocycles. The van der Waals surface area contributed by atoms with Crippen LogP contribution in [0, 0.1) is 0 Å². The van der Waals surface area contributed by atoms with Crippen LogP contribution in [-0.4, -0.2) is 49.9 Å². The number of benzene rings is 1. The molecule has 9 heteroatoms. The number of nitrogens with zero attached hydrogens (tertiary/aromatic N) is 4. The minimum absolute atomic E-state index is 0.281. The van der Waals surface area contributed by atoms with Gasteiger partial charge in [-0.25, -0.2) is 14.8 Å². The molecule has 1 aromatic carbocycles. The summed E-state index contributed by atoms with van der Waals surface area (Å²) in [6.07, 6.45) is 1.05. The molecule has 1 aliphatic rings. The lowest BCUT2D eigenvalue weighted by Gasteiger charge is -2.47. The molecule has 7 nitrogen and oxygen atoms in total. The van der Waals surface area contributed by atoms with E-state index in [9.17, 15) is 4.79 Å². The van der Waals surface area contributed by atoms with Crippen LogP contribution in [0.5, 0.6) is 0 Å². The van der Waals surface area contributed by atoms with Crippen LogP contribution < -0.4 is 0 Å². The van der Waals surface area contributed by atoms with Crippen molar-refractivity contribution >= 4 is 40.3 Å². The Balaban J connectivity index is 1.69. The van der Waals surface area contributed by atoms with Crippen molar-refractivity contribution < 1.29 is 14.3 Å². The van der Waals surface area contributed by atoms with Gasteiger partial charge in [-0.15, -0.1) is 0 Å². The molecular formula is C23H26Cl2N4O3. The topological polar surface area (TPSA) is 69.5 Å². The average molecular weight is 477 g/mol. The van der Waals surface area contributed by atoms with E-state index >= 15 is 0 Å². The molecule has 1 fully saturated rings. The van der Waals surface area contributed by atoms with E-state index in [1.165, 1.54) is 6.33 Å². The molecule has 32 heavy (non-hydrogen) atoms. The molecule has 0 N–H and O–H groups in total. The Kier molecular flexibility index (Phi) is 5.86. The number of rotatable bonds is 2. The Hall–Kier alpha value is -2.35. The van der Waals surface area contributed by atoms with Gasteiger partial charge in [-0.3, -0.25) is 9.47 Å². The van der Waals surface area contributed by atoms with Crippen LogP contribution >= 0.6 is 23.2 Å². The number of ether oxygens (including phenoxy) is 2. The normalized spacial score (nSPS) is 18.7. The molecule has 1 atom stereocenters. The van der Waals surface area contributed by atoms with Crippen molar-refractivity contribution in [1.82, 2.24) is 19.4 Å². The summed E-state index contributed by atoms with van der Waals surface area (Å²) >= 11 is 12.7. The maximum Gasteiger partial charge on any atom is 0.411 e. The van der Waals surface area contributed by atoms with Gasteiger partial charge < -0.3 is 9.47 Å². The van der Waals surface area contributed by atoms with Crippen LogP contribution in [-0.2, 0) is 9.47 Å². The third-order valence-corrected chi connectivity index (χ3v) is 5.90. The Bertz CT molecular complexity index is 1150. The first-order valence-electron chi connectivity index (χ1n) is 10.4. The lowest BCUT2D eigenvalue weighted by Crippen LogP contribution is -2.57. The number of morpholine rings is 1. The second kappa shape index (κ2) is 8.21. The number of halogens is 2. The molecule has 170 valence electrons. The first kappa shape index (κ1) is 22.8. The first-order valence-corrected chi connectivity index (χ1v) is 11.1. The molecule has 3 heterocycles. The van der Waals surface area contributed by atoms with Crippen molar-refractivity contribution in [2.75, 3.05) is 13.2 Å². The van der Waals surface area contributed by atoms with E-state index in [-0.39, 0.29) is 12.1 Å². The monoisotopic (exact) mass is 476 g/mol. The molecule has 1 saturated heterocycles. The molecule has 4 rings (SSSR count). The highest BCUT2D eigenvalue weighted by Crippen LogP contribution is 2.36. The molecule has 0 bridgehead atoms. The summed E-state index contributed by atoms with van der Waals surface area (Å²) in [5.74, 6) is 0. The quantitative estimate of drug-likeness (QED) is 0.436. The highest BCUT2D eigenvalue weighted by atomic mass is 35.5. The van der Waals surface area contributed by atoms with Gasteiger partial charge in [0.25, 0.3) is 0 Å². The average Bonchev–Trinajstić information content (AvgIpc) is 3.03. The maximum absolute atomic E-state index is 13.1. The minimum atomic E-state index is -0.588. The fourth-order valence-electron chi connectivity index (χ4n) is 3.96. The standard InChI is InChI=1S/C23H26Cl2N4O3/c1-22(2,3)32-21(30)29-17(11-31-12-23(29,4)5)14-6-8-15(9-7-14)28-18(24)10-16-19(25)26-13-27-20(16)28/h6-10,13,17H,11-12H2,1-5H3. The zero-order valence-corrected chi connectivity index (χ0v) is 20.2. The second-order valence-electron chi connectivity index (χ2n) is 9.49. The molecular weight excluding hydrogens is 451 g/mol. The third kappa shape index (κ3) is 4.29. The van der Waals surface area contributed by atoms with Gasteiger partial charge in [0.15, 0.2) is 5.65 Å². The third-order valence-electron chi connectivity index (χ3n) is 5.32. The maximum atomic E-state index is 13.1. The molecule has 0 radical (unpaired) electrons. The van der Waals surface area contributed by atoms with Gasteiger partial charge in [0.1, 0.15) is 22.2 Å². The Labute approximate surface area is 197 Å². The lowest BCUT2D eigenvalue weighted by molar-refractivity contribution is -0.0928. The molecule has 1 unspecified atom stereocenters. The fraction of sp³-hybridized carbons (Fsp3) is 0.435. The number of aromatic nitrogens is 3. The largest absolute Gasteiger partial charge is 0.444 e. The first-order chi connectivity index (χ1) is 15.0. The number of carbonyl (C=O) groups is 1. The summed E-state index contributed by atoms with van der Waals surface area (Å²) in [7, 11) is 0. The van der Waals surface area contributed by atoms with Crippen LogP contribution in [0.25, 0.3) is 16.7 Å². The van der Waals surface area contributed by atoms with Crippen LogP contribution in [0.1, 0.15) is 46.2 Å². The molecule has 1 amide bonds. The van der Waals surface area contributed by atoms with Gasteiger partial charge in [-0.1, -0.05) is 35.3 Å². The summed E-state index contributed by atoms with van der Waals surface area (Å²) in [6, 6.07) is 9.27. The minimum Gasteiger partial charge on any atom is -0.444 e. The smallest absolute Gasteiger partial charge is 0.411 e. The Morgan fingerprint density at radius 1 is 1.19 bits per heavy atom. The van der Waals surface area contributed by atoms with E-state index in [1.54, 1.807) is 15.5 Å². The van der Waals surface area contributed by atoms with E-state index in [0.29, 0.717) is 34.6 Å². The summed E-state index contributed by atoms with van der Waals surface area (Å²) in [4.78, 5) is 23.2. The molecule has 0 spiro atoms. The van der Waals surface area contributed by atoms with E-state index < -0.39 is 11.1 Å². The highest BCUT2D eigenvalue weighted by molar-refractivity contribution is 6.36. The van der Waals surface area contributed by atoms with Crippen LogP contribution in [0.3, 0.4) is 0 Å². The van der Waals surface area contributed by atoms with Crippen molar-refractivity contribution in [3.63, 3.8) is 0 Å². The van der Waals surface area contributed by atoms with Gasteiger partial charge in [0, 0.05) is 5.69 Å². The Morgan fingerprint density at radius 3 is 2.53 bits per heavy atom. The number of carbonyl (C=O) groups excluding carboxylic acids is 1. The van der Waals surface area contributed by atoms with Gasteiger partial charge in [0.05, 0.1) is 30.2 Å². The van der Waals surface area contributed by atoms with Gasteiger partial charge >= 0.3 is 6.09 Å². The van der Waals surface area contributed by atoms with E-state index in [4.69, 9.17) is 32.7 Å². The molecule has 3 aromatic rings. The highest BCUT2D eigenvalue weighted by Gasteiger charge is 2.43. The Morgan fingerprint density at radius 2 is 1.88 bits per heavy atom. The zero-order valence-electron chi connectivity index (χ0n) is 18.7. The molecule has 0 aliphatic carbocycles. The van der Waals surface area contributed by atoms with Gasteiger partial charge in [-0.2, -0.15) is 0 Å². The fourth-order valence-corrected chi connectivity index (χ4v) is 4.43. The predicted octanol–water partition coefficient (Wildman–Crippen LogP) is 5.81. The van der Waals surface area contributed by atoms with Crippen molar-refractivity contribution in [1.29, 1.82) is 0 Å². The van der Waals surface area contributed by atoms with Crippen molar-refractivity contribution in [2.24, 2.45) is 0 Å². The number of fused-ring (bicyclic) bond motifs is 1. The summed E-state index contributed by atoms with van der Waals surface area (Å²) < 4.78 is 13.4. The number of amides is 1. The SMILES string of the molecule is CC(C)(C)OC(=O)N1C(c2ccc(-n3c(Cl)cc4c(Cl)ncnc43)cc2)COCC1(C)C. The van der Waals surface area contributed by atoms with E-state index in [2.05, 4.69) is 9.97 Å². The number of hydrogen-bond donors (Lipinski definition) is 0.